The summed E-state index contributed by atoms with van der Waals surface area (Å²) < 4.78 is 19.8. The van der Waals surface area contributed by atoms with Crippen LogP contribution in [-0.4, -0.2) is 5.11 Å². The van der Waals surface area contributed by atoms with Crippen LogP contribution in [0.25, 0.3) is 0 Å². The highest BCUT2D eigenvalue weighted by atomic mass is 19.1. The molecule has 0 unspecified atom stereocenters. The van der Waals surface area contributed by atoms with Crippen LogP contribution < -0.4 is 4.74 Å². The summed E-state index contributed by atoms with van der Waals surface area (Å²) in [5, 5.41) is 9.45. The fraction of sp³-hybridized carbons (Fsp3) is 0.294. The molecule has 106 valence electrons. The van der Waals surface area contributed by atoms with Gasteiger partial charge in [0.1, 0.15) is 5.75 Å². The first-order valence-electron chi connectivity index (χ1n) is 6.62. The van der Waals surface area contributed by atoms with Crippen molar-refractivity contribution in [2.45, 2.75) is 33.8 Å². The summed E-state index contributed by atoms with van der Waals surface area (Å²) in [5.41, 5.74) is 3.61. The van der Waals surface area contributed by atoms with Crippen molar-refractivity contribution in [2.24, 2.45) is 0 Å². The van der Waals surface area contributed by atoms with Crippen molar-refractivity contribution >= 4 is 0 Å². The first-order chi connectivity index (χ1) is 9.40. The molecule has 0 radical (unpaired) electrons. The quantitative estimate of drug-likeness (QED) is 0.886. The lowest BCUT2D eigenvalue weighted by Crippen LogP contribution is -1.97. The van der Waals surface area contributed by atoms with Gasteiger partial charge in [0.15, 0.2) is 11.6 Å². The molecule has 0 saturated heterocycles. The number of ether oxygens (including phenoxy) is 1. The van der Waals surface area contributed by atoms with E-state index in [-0.39, 0.29) is 5.75 Å². The Morgan fingerprint density at radius 1 is 1.05 bits per heavy atom. The van der Waals surface area contributed by atoms with E-state index < -0.39 is 11.9 Å². The Labute approximate surface area is 118 Å². The van der Waals surface area contributed by atoms with Gasteiger partial charge in [-0.15, -0.1) is 0 Å². The predicted molar refractivity (Wildman–Crippen MR) is 77.8 cm³/mol. The maximum absolute atomic E-state index is 14.0. The van der Waals surface area contributed by atoms with Crippen LogP contribution in [-0.2, 0) is 0 Å². The Morgan fingerprint density at radius 2 is 1.70 bits per heavy atom. The summed E-state index contributed by atoms with van der Waals surface area (Å²) >= 11 is 0. The fourth-order valence-corrected chi connectivity index (χ4v) is 2.05. The standard InChI is InChI=1S/C17H19FO2/c1-10-5-6-11(2)17(12(10)3)20-16-8-7-14(13(4)19)9-15(16)18/h5-9,13,19H,1-4H3/t13-/m1/s1. The van der Waals surface area contributed by atoms with Crippen LogP contribution in [0.2, 0.25) is 0 Å². The first kappa shape index (κ1) is 14.5. The third-order valence-electron chi connectivity index (χ3n) is 3.52. The molecule has 2 rings (SSSR count). The molecule has 0 amide bonds. The number of aliphatic hydroxyl groups is 1. The minimum atomic E-state index is -0.694. The summed E-state index contributed by atoms with van der Waals surface area (Å²) in [5.74, 6) is 0.392. The third-order valence-corrected chi connectivity index (χ3v) is 3.52. The summed E-state index contributed by atoms with van der Waals surface area (Å²) in [6.45, 7) is 7.49. The molecule has 0 spiro atoms. The molecular weight excluding hydrogens is 255 g/mol. The number of hydrogen-bond acceptors (Lipinski definition) is 2. The van der Waals surface area contributed by atoms with Gasteiger partial charge >= 0.3 is 0 Å². The van der Waals surface area contributed by atoms with Crippen molar-refractivity contribution in [3.63, 3.8) is 0 Å². The summed E-state index contributed by atoms with van der Waals surface area (Å²) in [6.07, 6.45) is -0.694. The zero-order valence-corrected chi connectivity index (χ0v) is 12.2. The molecule has 2 nitrogen and oxygen atoms in total. The van der Waals surface area contributed by atoms with Gasteiger partial charge in [0.25, 0.3) is 0 Å². The zero-order valence-electron chi connectivity index (χ0n) is 12.2. The highest BCUT2D eigenvalue weighted by Gasteiger charge is 2.12. The normalized spacial score (nSPS) is 12.3. The number of aryl methyl sites for hydroxylation is 2. The minimum Gasteiger partial charge on any atom is -0.454 e. The maximum atomic E-state index is 14.0. The van der Waals surface area contributed by atoms with E-state index in [9.17, 15) is 9.50 Å². The molecule has 1 N–H and O–H groups in total. The van der Waals surface area contributed by atoms with Gasteiger partial charge in [0, 0.05) is 0 Å². The topological polar surface area (TPSA) is 29.5 Å². The molecule has 0 aromatic heterocycles. The first-order valence-corrected chi connectivity index (χ1v) is 6.62. The number of benzene rings is 2. The summed E-state index contributed by atoms with van der Waals surface area (Å²) in [4.78, 5) is 0. The summed E-state index contributed by atoms with van der Waals surface area (Å²) in [7, 11) is 0. The highest BCUT2D eigenvalue weighted by molar-refractivity contribution is 5.47. The van der Waals surface area contributed by atoms with E-state index in [1.807, 2.05) is 32.9 Å². The van der Waals surface area contributed by atoms with Gasteiger partial charge in [-0.25, -0.2) is 4.39 Å². The van der Waals surface area contributed by atoms with E-state index in [1.54, 1.807) is 19.1 Å². The molecule has 2 aromatic rings. The number of aliphatic hydroxyl groups excluding tert-OH is 1. The molecule has 0 bridgehead atoms. The van der Waals surface area contributed by atoms with Gasteiger partial charge in [-0.3, -0.25) is 0 Å². The zero-order chi connectivity index (χ0) is 14.9. The van der Waals surface area contributed by atoms with Crippen LogP contribution in [0.5, 0.6) is 11.5 Å². The van der Waals surface area contributed by atoms with Gasteiger partial charge < -0.3 is 9.84 Å². The average Bonchev–Trinajstić information content (AvgIpc) is 2.40. The molecular formula is C17H19FO2. The van der Waals surface area contributed by atoms with Crippen molar-refractivity contribution in [2.75, 3.05) is 0 Å². The van der Waals surface area contributed by atoms with Gasteiger partial charge in [0.05, 0.1) is 6.10 Å². The van der Waals surface area contributed by atoms with Gasteiger partial charge in [-0.2, -0.15) is 0 Å². The van der Waals surface area contributed by atoms with Crippen molar-refractivity contribution < 1.29 is 14.2 Å². The van der Waals surface area contributed by atoms with E-state index in [4.69, 9.17) is 4.74 Å². The Balaban J connectivity index is 2.38. The van der Waals surface area contributed by atoms with Gasteiger partial charge in [-0.1, -0.05) is 18.2 Å². The molecule has 0 aliphatic heterocycles. The second-order valence-electron chi connectivity index (χ2n) is 5.12. The van der Waals surface area contributed by atoms with E-state index in [0.717, 1.165) is 16.7 Å². The Bertz CT molecular complexity index is 633. The lowest BCUT2D eigenvalue weighted by molar-refractivity contribution is 0.198. The molecule has 0 fully saturated rings. The fourth-order valence-electron chi connectivity index (χ4n) is 2.05. The maximum Gasteiger partial charge on any atom is 0.166 e. The molecule has 0 heterocycles. The van der Waals surface area contributed by atoms with E-state index in [2.05, 4.69) is 0 Å². The van der Waals surface area contributed by atoms with Crippen LogP contribution >= 0.6 is 0 Å². The highest BCUT2D eigenvalue weighted by Crippen LogP contribution is 2.32. The van der Waals surface area contributed by atoms with Crippen LogP contribution in [0.15, 0.2) is 30.3 Å². The van der Waals surface area contributed by atoms with Gasteiger partial charge in [-0.05, 0) is 62.1 Å². The number of rotatable bonds is 3. The van der Waals surface area contributed by atoms with Crippen molar-refractivity contribution in [3.8, 4) is 11.5 Å². The van der Waals surface area contributed by atoms with Crippen LogP contribution in [0.3, 0.4) is 0 Å². The van der Waals surface area contributed by atoms with Crippen LogP contribution in [0.4, 0.5) is 4.39 Å². The predicted octanol–water partition coefficient (Wildman–Crippen LogP) is 4.60. The smallest absolute Gasteiger partial charge is 0.166 e. The minimum absolute atomic E-state index is 0.172. The van der Waals surface area contributed by atoms with E-state index in [0.29, 0.717) is 11.3 Å². The second-order valence-corrected chi connectivity index (χ2v) is 5.12. The lowest BCUT2D eigenvalue weighted by atomic mass is 10.1. The number of hydrogen-bond donors (Lipinski definition) is 1. The molecule has 0 aliphatic carbocycles. The van der Waals surface area contributed by atoms with Crippen LogP contribution in [0, 0.1) is 26.6 Å². The third kappa shape index (κ3) is 2.83. The van der Waals surface area contributed by atoms with E-state index in [1.165, 1.54) is 6.07 Å². The summed E-state index contributed by atoms with van der Waals surface area (Å²) in [6, 6.07) is 8.51. The molecule has 2 aromatic carbocycles. The largest absolute Gasteiger partial charge is 0.454 e. The molecule has 20 heavy (non-hydrogen) atoms. The molecule has 3 heteroatoms. The molecule has 0 aliphatic rings. The van der Waals surface area contributed by atoms with Crippen LogP contribution in [0.1, 0.15) is 35.3 Å². The second kappa shape index (κ2) is 5.63. The van der Waals surface area contributed by atoms with E-state index >= 15 is 0 Å². The van der Waals surface area contributed by atoms with Crippen molar-refractivity contribution in [1.82, 2.24) is 0 Å². The van der Waals surface area contributed by atoms with Crippen molar-refractivity contribution in [3.05, 3.63) is 58.4 Å². The molecule has 1 atom stereocenters. The Morgan fingerprint density at radius 3 is 2.30 bits per heavy atom. The average molecular weight is 274 g/mol. The van der Waals surface area contributed by atoms with Crippen molar-refractivity contribution in [1.29, 1.82) is 0 Å². The monoisotopic (exact) mass is 274 g/mol. The Kier molecular flexibility index (Phi) is 4.09. The molecule has 0 saturated carbocycles. The van der Waals surface area contributed by atoms with Gasteiger partial charge in [0.2, 0.25) is 0 Å². The SMILES string of the molecule is Cc1ccc(C)c(Oc2ccc([C@@H](C)O)cc2F)c1C. The number of halogens is 1. The Hall–Kier alpha value is -1.87. The lowest BCUT2D eigenvalue weighted by Gasteiger charge is -2.15.